The average Bonchev–Trinajstić information content (AvgIpc) is 3.36. The third-order valence-corrected chi connectivity index (χ3v) is 8.42. The molecule has 0 aliphatic carbocycles. The van der Waals surface area contributed by atoms with Crippen molar-refractivity contribution in [2.45, 2.75) is 45.6 Å². The molecule has 1 saturated heterocycles. The topological polar surface area (TPSA) is 79.0 Å². The Morgan fingerprint density at radius 2 is 1.94 bits per heavy atom. The molecule has 4 rings (SSSR count). The number of esters is 1. The van der Waals surface area contributed by atoms with E-state index in [1.165, 1.54) is 22.5 Å². The van der Waals surface area contributed by atoms with Gasteiger partial charge in [0.1, 0.15) is 0 Å². The average molecular weight is 532 g/mol. The molecule has 1 aromatic heterocycles. The molecule has 36 heavy (non-hydrogen) atoms. The van der Waals surface area contributed by atoms with Crippen LogP contribution >= 0.6 is 22.9 Å². The summed E-state index contributed by atoms with van der Waals surface area (Å²) in [6.07, 6.45) is 2.94. The quantitative estimate of drug-likeness (QED) is 0.517. The Bertz CT molecular complexity index is 1120. The summed E-state index contributed by atoms with van der Waals surface area (Å²) in [7, 11) is 2.13. The second-order valence-electron chi connectivity index (χ2n) is 9.73. The summed E-state index contributed by atoms with van der Waals surface area (Å²) in [5, 5.41) is 3.07. The second kappa shape index (κ2) is 11.8. The molecule has 3 atom stereocenters. The molecular weight excluding hydrogens is 498 g/mol. The Kier molecular flexibility index (Phi) is 8.70. The Morgan fingerprint density at radius 1 is 1.19 bits per heavy atom. The molecule has 1 aromatic carbocycles. The molecule has 1 fully saturated rings. The number of fused-ring (bicyclic) bond motifs is 1. The van der Waals surface area contributed by atoms with E-state index >= 15 is 0 Å². The Hall–Kier alpha value is -2.42. The van der Waals surface area contributed by atoms with Gasteiger partial charge in [0, 0.05) is 25.3 Å². The molecule has 9 heteroatoms. The number of benzene rings is 1. The third kappa shape index (κ3) is 6.10. The highest BCUT2D eigenvalue weighted by Gasteiger charge is 2.42. The van der Waals surface area contributed by atoms with Crippen LogP contribution in [0.4, 0.5) is 5.69 Å². The van der Waals surface area contributed by atoms with Gasteiger partial charge in [-0.1, -0.05) is 24.6 Å². The minimum atomic E-state index is -0.425. The molecule has 194 valence electrons. The number of carbonyl (C=O) groups is 3. The predicted molar refractivity (Wildman–Crippen MR) is 143 cm³/mol. The normalized spacial score (nSPS) is 21.1. The molecule has 3 heterocycles. The van der Waals surface area contributed by atoms with E-state index in [1.54, 1.807) is 24.0 Å². The van der Waals surface area contributed by atoms with Crippen molar-refractivity contribution in [3.8, 4) is 0 Å². The molecule has 0 bridgehead atoms. The standard InChI is InChI=1S/C27H34ClN3O4S/c1-4-35-27(34)17(2)5-8-21-22(29-25(32)23-9-10-24(28)36-23)16-31(26(21)33)20-7-6-18-11-13-30(3)14-12-19(18)15-20/h6-7,9-10,15,17,21-22H,4-5,8,11-14,16H2,1-3H3,(H,29,32)/t17?,21-,22+/m1/s1. The molecule has 0 spiro atoms. The van der Waals surface area contributed by atoms with Crippen LogP contribution in [0.3, 0.4) is 0 Å². The molecule has 7 nitrogen and oxygen atoms in total. The van der Waals surface area contributed by atoms with Crippen LogP contribution in [0.2, 0.25) is 4.34 Å². The van der Waals surface area contributed by atoms with Gasteiger partial charge in [0.2, 0.25) is 5.91 Å². The van der Waals surface area contributed by atoms with Crippen LogP contribution in [0, 0.1) is 11.8 Å². The lowest BCUT2D eigenvalue weighted by Crippen LogP contribution is -2.40. The number of ether oxygens (including phenoxy) is 1. The summed E-state index contributed by atoms with van der Waals surface area (Å²) in [5.74, 6) is -1.26. The van der Waals surface area contributed by atoms with Crippen molar-refractivity contribution in [1.82, 2.24) is 10.2 Å². The Morgan fingerprint density at radius 3 is 2.64 bits per heavy atom. The maximum Gasteiger partial charge on any atom is 0.308 e. The predicted octanol–water partition coefficient (Wildman–Crippen LogP) is 4.17. The minimum Gasteiger partial charge on any atom is -0.466 e. The monoisotopic (exact) mass is 531 g/mol. The molecule has 0 radical (unpaired) electrons. The highest BCUT2D eigenvalue weighted by atomic mass is 35.5. The summed E-state index contributed by atoms with van der Waals surface area (Å²) in [5.41, 5.74) is 3.47. The number of hydrogen-bond donors (Lipinski definition) is 1. The van der Waals surface area contributed by atoms with Crippen LogP contribution in [-0.4, -0.2) is 62.0 Å². The zero-order valence-corrected chi connectivity index (χ0v) is 22.7. The molecule has 2 aromatic rings. The van der Waals surface area contributed by atoms with Crippen molar-refractivity contribution in [3.63, 3.8) is 0 Å². The molecule has 2 aliphatic heterocycles. The summed E-state index contributed by atoms with van der Waals surface area (Å²) in [6.45, 7) is 6.33. The number of thiophene rings is 1. The number of carbonyl (C=O) groups excluding carboxylic acids is 3. The van der Waals surface area contributed by atoms with E-state index in [2.05, 4.69) is 29.4 Å². The van der Waals surface area contributed by atoms with Crippen LogP contribution in [0.25, 0.3) is 0 Å². The number of nitrogens with one attached hydrogen (secondary N) is 1. The molecule has 0 saturated carbocycles. The highest BCUT2D eigenvalue weighted by Crippen LogP contribution is 2.32. The minimum absolute atomic E-state index is 0.0220. The summed E-state index contributed by atoms with van der Waals surface area (Å²) < 4.78 is 5.68. The zero-order valence-electron chi connectivity index (χ0n) is 21.1. The summed E-state index contributed by atoms with van der Waals surface area (Å²) >= 11 is 7.24. The van der Waals surface area contributed by atoms with Gasteiger partial charge >= 0.3 is 5.97 Å². The van der Waals surface area contributed by atoms with E-state index < -0.39 is 5.92 Å². The fraction of sp³-hybridized carbons (Fsp3) is 0.519. The van der Waals surface area contributed by atoms with E-state index in [0.29, 0.717) is 35.2 Å². The van der Waals surface area contributed by atoms with Crippen molar-refractivity contribution in [2.75, 3.05) is 38.2 Å². The number of hydrogen-bond acceptors (Lipinski definition) is 6. The van der Waals surface area contributed by atoms with Crippen LogP contribution in [0.5, 0.6) is 0 Å². The van der Waals surface area contributed by atoms with Crippen molar-refractivity contribution in [3.05, 3.63) is 50.7 Å². The zero-order chi connectivity index (χ0) is 25.8. The van der Waals surface area contributed by atoms with Gasteiger partial charge in [0.25, 0.3) is 5.91 Å². The molecular formula is C27H34ClN3O4S. The second-order valence-corrected chi connectivity index (χ2v) is 11.4. The van der Waals surface area contributed by atoms with E-state index in [0.717, 1.165) is 31.6 Å². The van der Waals surface area contributed by atoms with Crippen LogP contribution in [0.15, 0.2) is 30.3 Å². The fourth-order valence-electron chi connectivity index (χ4n) is 4.99. The van der Waals surface area contributed by atoms with Crippen molar-refractivity contribution in [1.29, 1.82) is 0 Å². The van der Waals surface area contributed by atoms with Gasteiger partial charge in [0.05, 0.1) is 33.7 Å². The molecule has 2 aliphatic rings. The van der Waals surface area contributed by atoms with Crippen molar-refractivity contribution >= 4 is 46.4 Å². The first kappa shape index (κ1) is 26.6. The van der Waals surface area contributed by atoms with Crippen LogP contribution in [0.1, 0.15) is 47.5 Å². The first-order valence-electron chi connectivity index (χ1n) is 12.6. The van der Waals surface area contributed by atoms with E-state index in [4.69, 9.17) is 16.3 Å². The van der Waals surface area contributed by atoms with Crippen molar-refractivity contribution < 1.29 is 19.1 Å². The first-order chi connectivity index (χ1) is 17.3. The number of rotatable bonds is 8. The van der Waals surface area contributed by atoms with Gasteiger partial charge in [-0.05, 0) is 75.0 Å². The lowest BCUT2D eigenvalue weighted by molar-refractivity contribution is -0.147. The van der Waals surface area contributed by atoms with Gasteiger partial charge in [-0.15, -0.1) is 11.3 Å². The molecule has 1 N–H and O–H groups in total. The van der Waals surface area contributed by atoms with E-state index in [9.17, 15) is 14.4 Å². The van der Waals surface area contributed by atoms with E-state index in [-0.39, 0.29) is 29.7 Å². The lowest BCUT2D eigenvalue weighted by Gasteiger charge is -2.19. The summed E-state index contributed by atoms with van der Waals surface area (Å²) in [6, 6.07) is 9.30. The lowest BCUT2D eigenvalue weighted by atomic mass is 9.92. The molecule has 2 amide bonds. The molecule has 1 unspecified atom stereocenters. The third-order valence-electron chi connectivity index (χ3n) is 7.19. The number of amides is 2. The van der Waals surface area contributed by atoms with Gasteiger partial charge in [-0.3, -0.25) is 14.4 Å². The number of halogens is 1. The number of likely N-dealkylation sites (N-methyl/N-ethyl adjacent to an activating group) is 1. The van der Waals surface area contributed by atoms with Crippen LogP contribution in [-0.2, 0) is 27.2 Å². The van der Waals surface area contributed by atoms with Gasteiger partial charge in [0.15, 0.2) is 0 Å². The number of nitrogens with zero attached hydrogens (tertiary/aromatic N) is 2. The van der Waals surface area contributed by atoms with Gasteiger partial charge < -0.3 is 19.9 Å². The van der Waals surface area contributed by atoms with Gasteiger partial charge in [-0.25, -0.2) is 0 Å². The highest BCUT2D eigenvalue weighted by molar-refractivity contribution is 7.18. The Balaban J connectivity index is 1.54. The smallest absolute Gasteiger partial charge is 0.308 e. The van der Waals surface area contributed by atoms with Gasteiger partial charge in [-0.2, -0.15) is 0 Å². The van der Waals surface area contributed by atoms with Crippen LogP contribution < -0.4 is 10.2 Å². The Labute approximate surface area is 221 Å². The SMILES string of the molecule is CCOC(=O)C(C)CC[C@H]1C(=O)N(c2ccc3c(c2)CCN(C)CC3)C[C@@H]1NC(=O)c1ccc(Cl)s1. The number of anilines is 1. The van der Waals surface area contributed by atoms with Crippen molar-refractivity contribution in [2.24, 2.45) is 11.8 Å². The first-order valence-corrected chi connectivity index (χ1v) is 13.8. The maximum absolute atomic E-state index is 13.7. The fourth-order valence-corrected chi connectivity index (χ4v) is 5.93. The summed E-state index contributed by atoms with van der Waals surface area (Å²) in [4.78, 5) is 43.4. The largest absolute Gasteiger partial charge is 0.466 e. The maximum atomic E-state index is 13.7. The van der Waals surface area contributed by atoms with E-state index in [1.807, 2.05) is 13.0 Å².